The predicted molar refractivity (Wildman–Crippen MR) is 121 cm³/mol. The number of hydrogen-bond acceptors (Lipinski definition) is 5. The minimum atomic E-state index is -0.650. The van der Waals surface area contributed by atoms with Crippen LogP contribution in [0.5, 0.6) is 5.75 Å². The van der Waals surface area contributed by atoms with Crippen LogP contribution in [-0.4, -0.2) is 53.6 Å². The maximum Gasteiger partial charge on any atom is 0.399 e. The van der Waals surface area contributed by atoms with Gasteiger partial charge in [-0.2, -0.15) is 0 Å². The number of benzene rings is 1. The zero-order valence-corrected chi connectivity index (χ0v) is 20.4. The maximum atomic E-state index is 13.8. The third-order valence-corrected chi connectivity index (χ3v) is 8.16. The van der Waals surface area contributed by atoms with E-state index in [0.29, 0.717) is 17.4 Å². The molecule has 1 aromatic rings. The number of hydrogen-bond donors (Lipinski definition) is 0. The molecular weight excluding hydrogens is 406 g/mol. The molecule has 4 atom stereocenters. The van der Waals surface area contributed by atoms with Gasteiger partial charge in [0.05, 0.1) is 13.0 Å². The highest BCUT2D eigenvalue weighted by Crippen LogP contribution is 2.58. The van der Waals surface area contributed by atoms with Gasteiger partial charge in [0.25, 0.3) is 5.71 Å². The summed E-state index contributed by atoms with van der Waals surface area (Å²) in [6, 6.07) is 7.67. The lowest BCUT2D eigenvalue weighted by Crippen LogP contribution is -2.51. The van der Waals surface area contributed by atoms with E-state index in [1.165, 1.54) is 7.11 Å². The molecule has 0 N–H and O–H groups in total. The molecule has 6 nitrogen and oxygen atoms in total. The monoisotopic (exact) mass is 442 g/mol. The Kier molecular flexibility index (Phi) is 5.42. The molecule has 6 heteroatoms. The Morgan fingerprint density at radius 2 is 1.84 bits per heavy atom. The van der Waals surface area contributed by atoms with E-state index in [2.05, 4.69) is 25.3 Å². The summed E-state index contributed by atoms with van der Waals surface area (Å²) >= 11 is 0. The Bertz CT molecular complexity index is 973. The molecular formula is C26H36NO5+. The third-order valence-electron chi connectivity index (χ3n) is 8.16. The van der Waals surface area contributed by atoms with Crippen LogP contribution in [0.1, 0.15) is 65.9 Å². The Labute approximate surface area is 190 Å². The van der Waals surface area contributed by atoms with Crippen molar-refractivity contribution < 1.29 is 28.4 Å². The van der Waals surface area contributed by atoms with Crippen molar-refractivity contribution in [2.45, 2.75) is 71.4 Å². The van der Waals surface area contributed by atoms with Gasteiger partial charge in [-0.15, -0.1) is 0 Å². The van der Waals surface area contributed by atoms with Crippen molar-refractivity contribution in [3.63, 3.8) is 0 Å². The van der Waals surface area contributed by atoms with Gasteiger partial charge in [0, 0.05) is 30.2 Å². The summed E-state index contributed by atoms with van der Waals surface area (Å²) in [6.07, 6.45) is 2.15. The molecule has 1 saturated heterocycles. The molecule has 2 heterocycles. The maximum absolute atomic E-state index is 13.8. The number of carbonyl (C=O) groups is 2. The van der Waals surface area contributed by atoms with Crippen LogP contribution in [0.4, 0.5) is 0 Å². The van der Waals surface area contributed by atoms with Crippen molar-refractivity contribution in [3.05, 3.63) is 29.8 Å². The molecule has 4 rings (SSSR count). The fourth-order valence-corrected chi connectivity index (χ4v) is 5.96. The molecule has 0 amide bonds. The van der Waals surface area contributed by atoms with Gasteiger partial charge in [0.2, 0.25) is 0 Å². The van der Waals surface area contributed by atoms with E-state index in [1.54, 1.807) is 0 Å². The summed E-state index contributed by atoms with van der Waals surface area (Å²) < 4.78 is 19.3. The highest BCUT2D eigenvalue weighted by Gasteiger charge is 2.67. The lowest BCUT2D eigenvalue weighted by Gasteiger charge is -2.35. The zero-order valence-electron chi connectivity index (χ0n) is 20.4. The SMILES string of the molecule is COC(=O)[C@@H]1COc2ccccc2[C@@H]1C(C(=O)OC(C)(C)C)=[N+]1CC2CCC1(C)C2(C)C. The number of para-hydroxylation sites is 1. The molecule has 0 spiro atoms. The van der Waals surface area contributed by atoms with Crippen molar-refractivity contribution in [3.8, 4) is 5.75 Å². The van der Waals surface area contributed by atoms with Crippen LogP contribution in [0.15, 0.2) is 24.3 Å². The Morgan fingerprint density at radius 1 is 1.16 bits per heavy atom. The van der Waals surface area contributed by atoms with Gasteiger partial charge in [0.15, 0.2) is 5.54 Å². The second-order valence-corrected chi connectivity index (χ2v) is 11.2. The number of piperidine rings is 1. The van der Waals surface area contributed by atoms with Gasteiger partial charge in [-0.3, -0.25) is 4.79 Å². The molecule has 1 aromatic carbocycles. The minimum absolute atomic E-state index is 0.0473. The lowest BCUT2D eigenvalue weighted by atomic mass is 9.74. The van der Waals surface area contributed by atoms with E-state index >= 15 is 0 Å². The van der Waals surface area contributed by atoms with Gasteiger partial charge in [-0.25, -0.2) is 9.37 Å². The van der Waals surface area contributed by atoms with Crippen LogP contribution in [0.25, 0.3) is 0 Å². The fourth-order valence-electron chi connectivity index (χ4n) is 5.96. The van der Waals surface area contributed by atoms with Crippen molar-refractivity contribution >= 4 is 17.7 Å². The van der Waals surface area contributed by atoms with E-state index in [1.807, 2.05) is 45.0 Å². The number of nitrogens with zero attached hydrogens (tertiary/aromatic N) is 1. The predicted octanol–water partition coefficient (Wildman–Crippen LogP) is 3.96. The molecule has 1 saturated carbocycles. The molecule has 2 bridgehead atoms. The molecule has 32 heavy (non-hydrogen) atoms. The van der Waals surface area contributed by atoms with Crippen LogP contribution < -0.4 is 4.74 Å². The van der Waals surface area contributed by atoms with Gasteiger partial charge in [-0.05, 0) is 33.3 Å². The van der Waals surface area contributed by atoms with Crippen molar-refractivity contribution in [1.82, 2.24) is 0 Å². The first kappa shape index (κ1) is 22.8. The smallest absolute Gasteiger partial charge is 0.399 e. The molecule has 2 unspecified atom stereocenters. The van der Waals surface area contributed by atoms with E-state index in [0.717, 1.165) is 24.9 Å². The first-order valence-corrected chi connectivity index (χ1v) is 11.6. The summed E-state index contributed by atoms with van der Waals surface area (Å²) in [5.74, 6) is -0.668. The van der Waals surface area contributed by atoms with Gasteiger partial charge < -0.3 is 14.2 Å². The number of methoxy groups -OCH3 is 1. The van der Waals surface area contributed by atoms with Gasteiger partial charge >= 0.3 is 11.9 Å². The van der Waals surface area contributed by atoms with Crippen molar-refractivity contribution in [2.24, 2.45) is 17.3 Å². The quantitative estimate of drug-likeness (QED) is 0.524. The van der Waals surface area contributed by atoms with E-state index < -0.39 is 17.4 Å². The summed E-state index contributed by atoms with van der Waals surface area (Å²) in [7, 11) is 1.38. The number of ether oxygens (including phenoxy) is 3. The van der Waals surface area contributed by atoms with E-state index in [9.17, 15) is 9.59 Å². The molecule has 1 aliphatic carbocycles. The van der Waals surface area contributed by atoms with Crippen molar-refractivity contribution in [1.29, 1.82) is 0 Å². The summed E-state index contributed by atoms with van der Waals surface area (Å²) in [6.45, 7) is 13.4. The average Bonchev–Trinajstić information content (AvgIpc) is 3.06. The Balaban J connectivity index is 1.96. The lowest BCUT2D eigenvalue weighted by molar-refractivity contribution is -0.600. The zero-order chi connectivity index (χ0) is 23.5. The van der Waals surface area contributed by atoms with Crippen LogP contribution in [-0.2, 0) is 19.1 Å². The van der Waals surface area contributed by atoms with Gasteiger partial charge in [0.1, 0.15) is 30.4 Å². The van der Waals surface area contributed by atoms with Crippen LogP contribution in [0.2, 0.25) is 0 Å². The number of carbonyl (C=O) groups excluding carboxylic acids is 2. The first-order chi connectivity index (χ1) is 14.9. The van der Waals surface area contributed by atoms with Crippen LogP contribution >= 0.6 is 0 Å². The molecule has 174 valence electrons. The molecule has 2 fully saturated rings. The largest absolute Gasteiger partial charge is 0.492 e. The van der Waals surface area contributed by atoms with Gasteiger partial charge in [-0.1, -0.05) is 32.0 Å². The fraction of sp³-hybridized carbons (Fsp3) is 0.654. The Hall–Kier alpha value is -2.37. The average molecular weight is 443 g/mol. The molecule has 0 radical (unpaired) electrons. The number of rotatable bonds is 3. The summed E-state index contributed by atoms with van der Waals surface area (Å²) in [5.41, 5.74) is 0.593. The molecule has 0 aromatic heterocycles. The topological polar surface area (TPSA) is 64.8 Å². The minimum Gasteiger partial charge on any atom is -0.492 e. The van der Waals surface area contributed by atoms with Crippen LogP contribution in [0.3, 0.4) is 0 Å². The van der Waals surface area contributed by atoms with E-state index in [-0.39, 0.29) is 29.5 Å². The summed E-state index contributed by atoms with van der Waals surface area (Å²) in [4.78, 5) is 26.7. The molecule has 2 aliphatic heterocycles. The number of fused-ring (bicyclic) bond motifs is 3. The Morgan fingerprint density at radius 3 is 2.41 bits per heavy atom. The molecule has 3 aliphatic rings. The second-order valence-electron chi connectivity index (χ2n) is 11.2. The highest BCUT2D eigenvalue weighted by atomic mass is 16.6. The normalized spacial score (nSPS) is 32.0. The van der Waals surface area contributed by atoms with Crippen LogP contribution in [0, 0.1) is 17.3 Å². The number of esters is 2. The highest BCUT2D eigenvalue weighted by molar-refractivity contribution is 6.37. The second kappa shape index (κ2) is 7.60. The third kappa shape index (κ3) is 3.43. The first-order valence-electron chi connectivity index (χ1n) is 11.6. The standard InChI is InChI=1S/C26H36NO5/c1-24(2,3)32-23(29)21(27-14-16-12-13-26(27,6)25(16,4)5)20-17-10-8-9-11-19(17)31-15-18(20)22(28)30-7/h8-11,16,18,20H,12-15H2,1-7H3/q+1/t16?,18-,20+,26?/m1/s1. The van der Waals surface area contributed by atoms with E-state index in [4.69, 9.17) is 14.2 Å². The van der Waals surface area contributed by atoms with Crippen molar-refractivity contribution in [2.75, 3.05) is 20.3 Å². The summed E-state index contributed by atoms with van der Waals surface area (Å²) in [5, 5.41) is 0.